The molecule has 2 rings (SSSR count). The molecule has 17 heavy (non-hydrogen) atoms. The van der Waals surface area contributed by atoms with Crippen LogP contribution >= 0.6 is 0 Å². The summed E-state index contributed by atoms with van der Waals surface area (Å²) in [5, 5.41) is 0. The molecule has 1 fully saturated rings. The Morgan fingerprint density at radius 3 is 2.82 bits per heavy atom. The van der Waals surface area contributed by atoms with Crippen LogP contribution in [0.1, 0.15) is 38.3 Å². The van der Waals surface area contributed by atoms with Crippen LogP contribution in [0.5, 0.6) is 0 Å². The van der Waals surface area contributed by atoms with Gasteiger partial charge in [-0.2, -0.15) is 0 Å². The third-order valence-corrected chi connectivity index (χ3v) is 3.70. The van der Waals surface area contributed by atoms with Crippen molar-refractivity contribution in [2.75, 3.05) is 18.8 Å². The van der Waals surface area contributed by atoms with Crippen LogP contribution in [0.3, 0.4) is 0 Å². The van der Waals surface area contributed by atoms with E-state index in [1.807, 2.05) is 18.3 Å². The van der Waals surface area contributed by atoms with E-state index in [0.29, 0.717) is 0 Å². The second-order valence-corrected chi connectivity index (χ2v) is 5.05. The second-order valence-electron chi connectivity index (χ2n) is 5.05. The first kappa shape index (κ1) is 12.4. The van der Waals surface area contributed by atoms with Crippen LogP contribution in [0.25, 0.3) is 0 Å². The summed E-state index contributed by atoms with van der Waals surface area (Å²) in [6, 6.07) is 3.83. The van der Waals surface area contributed by atoms with Crippen molar-refractivity contribution in [3.05, 3.63) is 24.0 Å². The molecule has 2 heterocycles. The molecule has 0 atom stereocenters. The first-order valence-corrected chi connectivity index (χ1v) is 6.71. The molecule has 1 aromatic rings. The Bertz CT molecular complexity index is 343. The number of nitrogen functional groups attached to an aromatic ring is 1. The van der Waals surface area contributed by atoms with Crippen molar-refractivity contribution in [3.8, 4) is 0 Å². The van der Waals surface area contributed by atoms with Gasteiger partial charge in [0.05, 0.1) is 11.4 Å². The summed E-state index contributed by atoms with van der Waals surface area (Å²) in [5.74, 6) is 0.942. The van der Waals surface area contributed by atoms with Gasteiger partial charge in [0.15, 0.2) is 0 Å². The third-order valence-electron chi connectivity index (χ3n) is 3.70. The number of likely N-dealkylation sites (tertiary alicyclic amines) is 1. The normalized spacial score (nSPS) is 18.4. The van der Waals surface area contributed by atoms with Crippen molar-refractivity contribution in [3.63, 3.8) is 0 Å². The zero-order valence-electron chi connectivity index (χ0n) is 10.7. The summed E-state index contributed by atoms with van der Waals surface area (Å²) in [5.41, 5.74) is 7.78. The summed E-state index contributed by atoms with van der Waals surface area (Å²) in [6.07, 6.45) is 7.20. The molecule has 1 aromatic heterocycles. The molecule has 1 saturated heterocycles. The van der Waals surface area contributed by atoms with E-state index >= 15 is 0 Å². The van der Waals surface area contributed by atoms with Crippen LogP contribution < -0.4 is 5.73 Å². The monoisotopic (exact) mass is 233 g/mol. The predicted molar refractivity (Wildman–Crippen MR) is 71.6 cm³/mol. The van der Waals surface area contributed by atoms with Crippen molar-refractivity contribution >= 4 is 5.69 Å². The van der Waals surface area contributed by atoms with Crippen LogP contribution in [-0.4, -0.2) is 23.0 Å². The number of aromatic nitrogens is 1. The highest BCUT2D eigenvalue weighted by Crippen LogP contribution is 2.23. The fourth-order valence-corrected chi connectivity index (χ4v) is 2.64. The Kier molecular flexibility index (Phi) is 4.37. The molecule has 3 heteroatoms. The maximum atomic E-state index is 5.92. The number of anilines is 1. The fraction of sp³-hybridized carbons (Fsp3) is 0.643. The minimum atomic E-state index is 0.822. The molecule has 0 spiro atoms. The molecule has 0 radical (unpaired) electrons. The Morgan fingerprint density at radius 1 is 1.41 bits per heavy atom. The summed E-state index contributed by atoms with van der Waals surface area (Å²) in [4.78, 5) is 6.84. The summed E-state index contributed by atoms with van der Waals surface area (Å²) in [7, 11) is 0. The van der Waals surface area contributed by atoms with Gasteiger partial charge in [-0.25, -0.2) is 0 Å². The summed E-state index contributed by atoms with van der Waals surface area (Å²) < 4.78 is 0. The minimum Gasteiger partial charge on any atom is -0.397 e. The second kappa shape index (κ2) is 6.01. The molecule has 1 aliphatic heterocycles. The predicted octanol–water partition coefficient (Wildman–Crippen LogP) is 2.68. The van der Waals surface area contributed by atoms with E-state index in [4.69, 9.17) is 5.73 Å². The molecule has 0 unspecified atom stereocenters. The average Bonchev–Trinajstić information content (AvgIpc) is 2.35. The van der Waals surface area contributed by atoms with E-state index in [9.17, 15) is 0 Å². The molecule has 0 aromatic carbocycles. The molecule has 0 bridgehead atoms. The SMILES string of the molecule is CCCC1CCN(Cc2ncccc2N)CC1. The molecular formula is C14H23N3. The number of hydrogen-bond donors (Lipinski definition) is 1. The number of hydrogen-bond acceptors (Lipinski definition) is 3. The molecule has 3 nitrogen and oxygen atoms in total. The quantitative estimate of drug-likeness (QED) is 0.869. The lowest BCUT2D eigenvalue weighted by Gasteiger charge is -2.31. The average molecular weight is 233 g/mol. The van der Waals surface area contributed by atoms with Crippen molar-refractivity contribution in [1.82, 2.24) is 9.88 Å². The van der Waals surface area contributed by atoms with Gasteiger partial charge in [0.2, 0.25) is 0 Å². The minimum absolute atomic E-state index is 0.822. The van der Waals surface area contributed by atoms with E-state index in [2.05, 4.69) is 16.8 Å². The first-order chi connectivity index (χ1) is 8.29. The van der Waals surface area contributed by atoms with E-state index < -0.39 is 0 Å². The van der Waals surface area contributed by atoms with Gasteiger partial charge in [-0.3, -0.25) is 9.88 Å². The molecule has 0 amide bonds. The smallest absolute Gasteiger partial charge is 0.0772 e. The van der Waals surface area contributed by atoms with Gasteiger partial charge in [0.25, 0.3) is 0 Å². The van der Waals surface area contributed by atoms with Crippen LogP contribution in [0.4, 0.5) is 5.69 Å². The Labute approximate surface area is 104 Å². The number of nitrogens with zero attached hydrogens (tertiary/aromatic N) is 2. The zero-order valence-corrected chi connectivity index (χ0v) is 10.7. The van der Waals surface area contributed by atoms with Gasteiger partial charge in [-0.1, -0.05) is 19.8 Å². The van der Waals surface area contributed by atoms with Gasteiger partial charge in [-0.15, -0.1) is 0 Å². The number of rotatable bonds is 4. The van der Waals surface area contributed by atoms with Crippen molar-refractivity contribution in [2.24, 2.45) is 5.92 Å². The van der Waals surface area contributed by atoms with E-state index in [1.165, 1.54) is 38.8 Å². The summed E-state index contributed by atoms with van der Waals surface area (Å²) in [6.45, 7) is 5.58. The molecule has 1 aliphatic rings. The number of piperidine rings is 1. The lowest BCUT2D eigenvalue weighted by atomic mass is 9.92. The van der Waals surface area contributed by atoms with Crippen molar-refractivity contribution < 1.29 is 0 Å². The van der Waals surface area contributed by atoms with Crippen molar-refractivity contribution in [1.29, 1.82) is 0 Å². The van der Waals surface area contributed by atoms with Gasteiger partial charge >= 0.3 is 0 Å². The lowest BCUT2D eigenvalue weighted by Crippen LogP contribution is -2.33. The van der Waals surface area contributed by atoms with Crippen LogP contribution in [0, 0.1) is 5.92 Å². The molecule has 0 saturated carbocycles. The van der Waals surface area contributed by atoms with Gasteiger partial charge in [0.1, 0.15) is 0 Å². The number of nitrogens with two attached hydrogens (primary N) is 1. The van der Waals surface area contributed by atoms with E-state index in [-0.39, 0.29) is 0 Å². The highest BCUT2D eigenvalue weighted by molar-refractivity contribution is 5.41. The fourth-order valence-electron chi connectivity index (χ4n) is 2.64. The highest BCUT2D eigenvalue weighted by Gasteiger charge is 2.19. The maximum absolute atomic E-state index is 5.92. The largest absolute Gasteiger partial charge is 0.397 e. The lowest BCUT2D eigenvalue weighted by molar-refractivity contribution is 0.170. The van der Waals surface area contributed by atoms with Crippen LogP contribution in [0.2, 0.25) is 0 Å². The Morgan fingerprint density at radius 2 is 2.18 bits per heavy atom. The molecule has 0 aliphatic carbocycles. The third kappa shape index (κ3) is 3.43. The number of pyridine rings is 1. The van der Waals surface area contributed by atoms with Crippen LogP contribution in [-0.2, 0) is 6.54 Å². The summed E-state index contributed by atoms with van der Waals surface area (Å²) >= 11 is 0. The van der Waals surface area contributed by atoms with Gasteiger partial charge in [0, 0.05) is 12.7 Å². The molecular weight excluding hydrogens is 210 g/mol. The van der Waals surface area contributed by atoms with E-state index in [0.717, 1.165) is 23.8 Å². The standard InChI is InChI=1S/C14H23N3/c1-2-4-12-6-9-17(10-7-12)11-14-13(15)5-3-8-16-14/h3,5,8,12H,2,4,6-7,9-11,15H2,1H3. The molecule has 94 valence electrons. The Hall–Kier alpha value is -1.09. The van der Waals surface area contributed by atoms with Crippen LogP contribution in [0.15, 0.2) is 18.3 Å². The van der Waals surface area contributed by atoms with Gasteiger partial charge < -0.3 is 5.73 Å². The maximum Gasteiger partial charge on any atom is 0.0772 e. The zero-order chi connectivity index (χ0) is 12.1. The van der Waals surface area contributed by atoms with Crippen molar-refractivity contribution in [2.45, 2.75) is 39.2 Å². The highest BCUT2D eigenvalue weighted by atomic mass is 15.1. The topological polar surface area (TPSA) is 42.2 Å². The van der Waals surface area contributed by atoms with E-state index in [1.54, 1.807) is 0 Å². The first-order valence-electron chi connectivity index (χ1n) is 6.71. The Balaban J connectivity index is 1.84. The van der Waals surface area contributed by atoms with Gasteiger partial charge in [-0.05, 0) is 44.0 Å². The molecule has 2 N–H and O–H groups in total.